The number of amides is 1. The van der Waals surface area contributed by atoms with Crippen LogP contribution >= 0.6 is 0 Å². The number of piperidine rings is 1. The van der Waals surface area contributed by atoms with E-state index in [-0.39, 0.29) is 36.1 Å². The van der Waals surface area contributed by atoms with E-state index in [1.54, 1.807) is 39.1 Å². The molecule has 0 radical (unpaired) electrons. The molecule has 3 aromatic rings. The Morgan fingerprint density at radius 2 is 1.88 bits per heavy atom. The quantitative estimate of drug-likeness (QED) is 0.661. The Kier molecular flexibility index (Phi) is 5.59. The molecule has 1 fully saturated rings. The van der Waals surface area contributed by atoms with Crippen LogP contribution in [-0.2, 0) is 0 Å². The van der Waals surface area contributed by atoms with Gasteiger partial charge in [0.2, 0.25) is 5.95 Å². The molecule has 8 nitrogen and oxygen atoms in total. The number of rotatable bonds is 4. The molecular weight excluding hydrogens is 425 g/mol. The van der Waals surface area contributed by atoms with Crippen LogP contribution in [0.15, 0.2) is 29.3 Å². The Morgan fingerprint density at radius 1 is 1.22 bits per heavy atom. The van der Waals surface area contributed by atoms with Crippen molar-refractivity contribution in [1.29, 1.82) is 0 Å². The van der Waals surface area contributed by atoms with E-state index in [0.29, 0.717) is 24.1 Å². The van der Waals surface area contributed by atoms with E-state index >= 15 is 0 Å². The zero-order chi connectivity index (χ0) is 23.2. The van der Waals surface area contributed by atoms with Gasteiger partial charge in [-0.05, 0) is 30.9 Å². The summed E-state index contributed by atoms with van der Waals surface area (Å²) in [6.07, 6.45) is -0.615. The van der Waals surface area contributed by atoms with Gasteiger partial charge in [0.25, 0.3) is 11.5 Å². The molecule has 0 saturated carbocycles. The first-order valence-corrected chi connectivity index (χ1v) is 10.6. The van der Waals surface area contributed by atoms with Crippen molar-refractivity contribution in [3.05, 3.63) is 46.1 Å². The third-order valence-corrected chi connectivity index (χ3v) is 6.47. The molecule has 1 N–H and O–H groups in total. The lowest BCUT2D eigenvalue weighted by Crippen LogP contribution is -2.52. The highest BCUT2D eigenvalue weighted by Gasteiger charge is 2.51. The molecule has 0 bridgehead atoms. The predicted octanol–water partition coefficient (Wildman–Crippen LogP) is 3.20. The van der Waals surface area contributed by atoms with Crippen molar-refractivity contribution < 1.29 is 18.0 Å². The van der Waals surface area contributed by atoms with Crippen LogP contribution < -0.4 is 5.56 Å². The van der Waals surface area contributed by atoms with Crippen LogP contribution in [0.2, 0.25) is 0 Å². The van der Waals surface area contributed by atoms with Crippen molar-refractivity contribution in [3.63, 3.8) is 0 Å². The fraction of sp³-hybridized carbons (Fsp3) is 0.524. The van der Waals surface area contributed by atoms with Crippen LogP contribution in [0.3, 0.4) is 0 Å². The first-order chi connectivity index (χ1) is 15.2. The number of likely N-dealkylation sites (tertiary alicyclic amines) is 1. The first-order valence-electron chi connectivity index (χ1n) is 10.6. The fourth-order valence-corrected chi connectivity index (χ4v) is 4.75. The van der Waals surface area contributed by atoms with Gasteiger partial charge in [-0.3, -0.25) is 14.6 Å². The fourth-order valence-electron chi connectivity index (χ4n) is 4.75. The summed E-state index contributed by atoms with van der Waals surface area (Å²) in [7, 11) is 0. The summed E-state index contributed by atoms with van der Waals surface area (Å²) in [5, 5.41) is 8.52. The molecule has 11 heteroatoms. The maximum Gasteiger partial charge on any atom is 0.392 e. The van der Waals surface area contributed by atoms with Gasteiger partial charge < -0.3 is 4.90 Å². The maximum atomic E-state index is 13.7. The Labute approximate surface area is 182 Å². The largest absolute Gasteiger partial charge is 0.392 e. The highest BCUT2D eigenvalue weighted by molar-refractivity contribution is 5.95. The van der Waals surface area contributed by atoms with Gasteiger partial charge in [-0.15, -0.1) is 5.10 Å². The van der Waals surface area contributed by atoms with E-state index in [1.807, 2.05) is 0 Å². The molecule has 2 unspecified atom stereocenters. The average Bonchev–Trinajstić information content (AvgIpc) is 3.38. The molecule has 0 spiro atoms. The normalized spacial score (nSPS) is 21.9. The third kappa shape index (κ3) is 3.69. The molecule has 0 aliphatic carbocycles. The van der Waals surface area contributed by atoms with E-state index in [0.717, 1.165) is 0 Å². The van der Waals surface area contributed by atoms with Crippen molar-refractivity contribution in [3.8, 4) is 5.95 Å². The number of carbonyl (C=O) groups is 1. The van der Waals surface area contributed by atoms with Crippen molar-refractivity contribution in [2.45, 2.75) is 39.8 Å². The summed E-state index contributed by atoms with van der Waals surface area (Å²) in [4.78, 5) is 29.7. The van der Waals surface area contributed by atoms with E-state index in [2.05, 4.69) is 15.2 Å². The zero-order valence-electron chi connectivity index (χ0n) is 18.1. The second-order valence-corrected chi connectivity index (χ2v) is 8.29. The molecule has 0 aromatic carbocycles. The second kappa shape index (κ2) is 8.10. The summed E-state index contributed by atoms with van der Waals surface area (Å²) >= 11 is 0. The number of aromatic amines is 1. The summed E-state index contributed by atoms with van der Waals surface area (Å²) in [5.74, 6) is -2.93. The van der Waals surface area contributed by atoms with Gasteiger partial charge in [0.1, 0.15) is 5.52 Å². The van der Waals surface area contributed by atoms with Gasteiger partial charge >= 0.3 is 6.18 Å². The van der Waals surface area contributed by atoms with Gasteiger partial charge in [0.15, 0.2) is 0 Å². The number of nitrogens with one attached hydrogen (secondary N) is 1. The Balaban J connectivity index is 1.64. The molecule has 1 amide bonds. The molecule has 1 aliphatic heterocycles. The van der Waals surface area contributed by atoms with Gasteiger partial charge in [0.05, 0.1) is 23.4 Å². The van der Waals surface area contributed by atoms with Gasteiger partial charge in [0, 0.05) is 19.3 Å². The topological polar surface area (TPSA) is 88.3 Å². The Bertz CT molecular complexity index is 1180. The summed E-state index contributed by atoms with van der Waals surface area (Å²) < 4.78 is 43.8. The molecule has 2 atom stereocenters. The van der Waals surface area contributed by atoms with Crippen LogP contribution in [0.4, 0.5) is 13.2 Å². The summed E-state index contributed by atoms with van der Waals surface area (Å²) in [5.41, 5.74) is 0.742. The number of fused-ring (bicyclic) bond motifs is 1. The summed E-state index contributed by atoms with van der Waals surface area (Å²) in [6, 6.07) is 3.31. The third-order valence-electron chi connectivity index (χ3n) is 6.47. The number of H-pyrrole nitrogens is 1. The highest BCUT2D eigenvalue weighted by Crippen LogP contribution is 2.44. The molecule has 32 heavy (non-hydrogen) atoms. The van der Waals surface area contributed by atoms with Crippen LogP contribution in [0.1, 0.15) is 42.7 Å². The van der Waals surface area contributed by atoms with Crippen LogP contribution in [-0.4, -0.2) is 54.5 Å². The minimum atomic E-state index is -4.29. The number of nitrogens with zero attached hydrogens (tertiary/aromatic N) is 5. The van der Waals surface area contributed by atoms with Gasteiger partial charge in [-0.25, -0.2) is 9.20 Å². The number of aromatic nitrogens is 5. The monoisotopic (exact) mass is 450 g/mol. The van der Waals surface area contributed by atoms with Crippen molar-refractivity contribution >= 4 is 11.4 Å². The SMILES string of the molecule is CCC1CN(C(=O)c2cnn(-c3nn4cccc4c(=O)[nH]3)c2C)CC(CC)C1C(F)(F)F. The van der Waals surface area contributed by atoms with E-state index in [1.165, 1.54) is 20.3 Å². The van der Waals surface area contributed by atoms with Crippen LogP contribution in [0.25, 0.3) is 11.5 Å². The van der Waals surface area contributed by atoms with Gasteiger partial charge in [-0.2, -0.15) is 18.3 Å². The highest BCUT2D eigenvalue weighted by atomic mass is 19.4. The van der Waals surface area contributed by atoms with Crippen LogP contribution in [0.5, 0.6) is 0 Å². The minimum absolute atomic E-state index is 0.0467. The summed E-state index contributed by atoms with van der Waals surface area (Å²) in [6.45, 7) is 5.22. The van der Waals surface area contributed by atoms with Crippen molar-refractivity contribution in [1.82, 2.24) is 29.3 Å². The zero-order valence-corrected chi connectivity index (χ0v) is 18.1. The van der Waals surface area contributed by atoms with Crippen LogP contribution in [0, 0.1) is 24.7 Å². The standard InChI is InChI=1S/C21H25F3N6O2/c1-4-13-10-28(11-14(5-2)17(13)21(22,23)24)19(32)15-9-25-30(12(15)3)20-26-18(31)16-7-6-8-29(16)27-20/h6-9,13-14,17H,4-5,10-11H2,1-3H3,(H,26,27,31). The lowest BCUT2D eigenvalue weighted by atomic mass is 9.74. The molecule has 4 heterocycles. The number of hydrogen-bond acceptors (Lipinski definition) is 4. The van der Waals surface area contributed by atoms with E-state index < -0.39 is 23.9 Å². The minimum Gasteiger partial charge on any atom is -0.338 e. The lowest BCUT2D eigenvalue weighted by molar-refractivity contribution is -0.215. The molecule has 1 saturated heterocycles. The number of hydrogen-bond donors (Lipinski definition) is 1. The average molecular weight is 450 g/mol. The second-order valence-electron chi connectivity index (χ2n) is 8.29. The number of halogens is 3. The maximum absolute atomic E-state index is 13.7. The number of alkyl halides is 3. The predicted molar refractivity (Wildman–Crippen MR) is 111 cm³/mol. The molecule has 1 aliphatic rings. The Hall–Kier alpha value is -3.11. The van der Waals surface area contributed by atoms with E-state index in [4.69, 9.17) is 0 Å². The van der Waals surface area contributed by atoms with Gasteiger partial charge in [-0.1, -0.05) is 26.7 Å². The molecule has 172 valence electrons. The Morgan fingerprint density at radius 3 is 2.47 bits per heavy atom. The smallest absolute Gasteiger partial charge is 0.338 e. The molecule has 3 aromatic heterocycles. The lowest BCUT2D eigenvalue weighted by Gasteiger charge is -2.44. The van der Waals surface area contributed by atoms with Crippen molar-refractivity contribution in [2.24, 2.45) is 17.8 Å². The number of carbonyl (C=O) groups excluding carboxylic acids is 1. The molecule has 4 rings (SSSR count). The van der Waals surface area contributed by atoms with E-state index in [9.17, 15) is 22.8 Å². The molecular formula is C21H25F3N6O2. The van der Waals surface area contributed by atoms with Crippen molar-refractivity contribution in [2.75, 3.05) is 13.1 Å². The first kappa shape index (κ1) is 22.1.